The summed E-state index contributed by atoms with van der Waals surface area (Å²) in [5.74, 6) is 1.53. The molecular formula is C33H42N2O4S. The number of methoxy groups -OCH3 is 1. The van der Waals surface area contributed by atoms with Gasteiger partial charge in [-0.2, -0.15) is 0 Å². The first-order valence-electron chi connectivity index (χ1n) is 14.0. The Labute approximate surface area is 243 Å². The lowest BCUT2D eigenvalue weighted by atomic mass is 10.0. The van der Waals surface area contributed by atoms with E-state index in [1.54, 1.807) is 31.0 Å². The van der Waals surface area contributed by atoms with Crippen molar-refractivity contribution in [3.63, 3.8) is 0 Å². The number of carbonyl (C=O) groups is 1. The van der Waals surface area contributed by atoms with Crippen molar-refractivity contribution >= 4 is 29.5 Å². The van der Waals surface area contributed by atoms with Crippen LogP contribution in [0.4, 0.5) is 5.69 Å². The number of carboxylic acids is 1. The van der Waals surface area contributed by atoms with E-state index in [1.165, 1.54) is 42.5 Å². The van der Waals surface area contributed by atoms with Crippen molar-refractivity contribution in [2.45, 2.75) is 62.1 Å². The van der Waals surface area contributed by atoms with Crippen LogP contribution in [0.5, 0.6) is 11.5 Å². The minimum atomic E-state index is -0.867. The normalized spacial score (nSPS) is 11.1. The summed E-state index contributed by atoms with van der Waals surface area (Å²) >= 11 is 1.66. The smallest absolute Gasteiger partial charge is 0.307 e. The second-order valence-corrected chi connectivity index (χ2v) is 10.9. The fraction of sp³-hybridized carbons (Fsp3) is 0.394. The van der Waals surface area contributed by atoms with Crippen LogP contribution in [0.25, 0.3) is 6.08 Å². The minimum absolute atomic E-state index is 0.0473. The molecule has 0 aliphatic heterocycles. The maximum atomic E-state index is 11.0. The van der Waals surface area contributed by atoms with E-state index in [1.807, 2.05) is 38.4 Å². The third-order valence-electron chi connectivity index (χ3n) is 6.52. The number of rotatable bonds is 18. The predicted molar refractivity (Wildman–Crippen MR) is 166 cm³/mol. The summed E-state index contributed by atoms with van der Waals surface area (Å²) in [4.78, 5) is 17.9. The van der Waals surface area contributed by atoms with E-state index in [-0.39, 0.29) is 6.42 Å². The van der Waals surface area contributed by atoms with Gasteiger partial charge in [-0.15, -0.1) is 11.8 Å². The van der Waals surface area contributed by atoms with Gasteiger partial charge < -0.3 is 19.5 Å². The molecule has 0 amide bonds. The number of anilines is 1. The van der Waals surface area contributed by atoms with E-state index in [9.17, 15) is 4.79 Å². The summed E-state index contributed by atoms with van der Waals surface area (Å²) < 4.78 is 11.3. The van der Waals surface area contributed by atoms with Gasteiger partial charge in [0, 0.05) is 25.5 Å². The van der Waals surface area contributed by atoms with Crippen LogP contribution in [-0.2, 0) is 17.0 Å². The maximum absolute atomic E-state index is 11.0. The van der Waals surface area contributed by atoms with Crippen LogP contribution in [-0.4, -0.2) is 43.9 Å². The highest BCUT2D eigenvalue weighted by Gasteiger charge is 2.07. The first-order valence-corrected chi connectivity index (χ1v) is 15.0. The van der Waals surface area contributed by atoms with E-state index >= 15 is 0 Å². The van der Waals surface area contributed by atoms with Gasteiger partial charge in [-0.1, -0.05) is 56.0 Å². The highest BCUT2D eigenvalue weighted by atomic mass is 32.2. The van der Waals surface area contributed by atoms with Crippen molar-refractivity contribution in [1.82, 2.24) is 4.98 Å². The summed E-state index contributed by atoms with van der Waals surface area (Å²) in [6.07, 6.45) is 11.4. The molecule has 0 saturated heterocycles. The van der Waals surface area contributed by atoms with Crippen molar-refractivity contribution in [2.75, 3.05) is 32.7 Å². The number of aliphatic carboxylic acids is 1. The molecule has 40 heavy (non-hydrogen) atoms. The molecule has 7 heteroatoms. The highest BCUT2D eigenvalue weighted by Crippen LogP contribution is 2.28. The molecule has 0 radical (unpaired) electrons. The Balaban J connectivity index is 1.42. The second kappa shape index (κ2) is 17.3. The van der Waals surface area contributed by atoms with Crippen LogP contribution in [0.15, 0.2) is 71.8 Å². The summed E-state index contributed by atoms with van der Waals surface area (Å²) in [5, 5.41) is 9.91. The van der Waals surface area contributed by atoms with Gasteiger partial charge in [-0.3, -0.25) is 4.79 Å². The number of hydrogen-bond donors (Lipinski definition) is 1. The number of ether oxygens (including phenoxy) is 2. The van der Waals surface area contributed by atoms with E-state index in [0.29, 0.717) is 18.1 Å². The molecule has 3 rings (SSSR count). The van der Waals surface area contributed by atoms with Crippen molar-refractivity contribution in [3.8, 4) is 11.5 Å². The number of pyridine rings is 1. The summed E-state index contributed by atoms with van der Waals surface area (Å²) in [7, 11) is 5.76. The van der Waals surface area contributed by atoms with Crippen LogP contribution in [0.1, 0.15) is 61.8 Å². The maximum Gasteiger partial charge on any atom is 0.307 e. The number of aryl methyl sites for hydroxylation is 1. The zero-order chi connectivity index (χ0) is 28.6. The summed E-state index contributed by atoms with van der Waals surface area (Å²) in [5.41, 5.74) is 4.42. The third kappa shape index (κ3) is 11.3. The van der Waals surface area contributed by atoms with E-state index in [0.717, 1.165) is 35.8 Å². The summed E-state index contributed by atoms with van der Waals surface area (Å²) in [6, 6.07) is 20.7. The molecule has 1 N–H and O–H groups in total. The van der Waals surface area contributed by atoms with Gasteiger partial charge in [-0.05, 0) is 72.9 Å². The Bertz CT molecular complexity index is 1210. The van der Waals surface area contributed by atoms with Gasteiger partial charge in [0.25, 0.3) is 0 Å². The number of carboxylic acid groups (broad SMARTS) is 1. The molecule has 0 fully saturated rings. The Morgan fingerprint density at radius 3 is 2.42 bits per heavy atom. The molecule has 0 bridgehead atoms. The SMILES string of the molecule is COc1ccc(CCCCCCCCOc2ccc(SCc3cccc(N(C)C)c3)nc2C=CCC(=O)O)cc1. The average Bonchev–Trinajstić information content (AvgIpc) is 2.96. The molecule has 2 aromatic carbocycles. The molecule has 3 aromatic rings. The first kappa shape index (κ1) is 31.1. The fourth-order valence-electron chi connectivity index (χ4n) is 4.23. The number of hydrogen-bond acceptors (Lipinski definition) is 6. The van der Waals surface area contributed by atoms with Crippen molar-refractivity contribution in [1.29, 1.82) is 0 Å². The van der Waals surface area contributed by atoms with E-state index in [2.05, 4.69) is 41.3 Å². The molecular weight excluding hydrogens is 520 g/mol. The molecule has 0 aliphatic rings. The monoisotopic (exact) mass is 562 g/mol. The molecule has 214 valence electrons. The molecule has 0 saturated carbocycles. The fourth-order valence-corrected chi connectivity index (χ4v) is 5.05. The number of unbranched alkanes of at least 4 members (excludes halogenated alkanes) is 5. The Morgan fingerprint density at radius 2 is 1.70 bits per heavy atom. The Morgan fingerprint density at radius 1 is 0.950 bits per heavy atom. The zero-order valence-electron chi connectivity index (χ0n) is 24.0. The van der Waals surface area contributed by atoms with Gasteiger partial charge >= 0.3 is 5.97 Å². The van der Waals surface area contributed by atoms with Crippen LogP contribution >= 0.6 is 11.8 Å². The second-order valence-electron chi connectivity index (χ2n) is 9.95. The zero-order valence-corrected chi connectivity index (χ0v) is 24.8. The molecule has 1 heterocycles. The molecule has 1 aromatic heterocycles. The summed E-state index contributed by atoms with van der Waals surface area (Å²) in [6.45, 7) is 0.622. The van der Waals surface area contributed by atoms with Gasteiger partial charge in [0.15, 0.2) is 0 Å². The lowest BCUT2D eigenvalue weighted by Crippen LogP contribution is -2.08. The highest BCUT2D eigenvalue weighted by molar-refractivity contribution is 7.98. The van der Waals surface area contributed by atoms with Crippen LogP contribution in [0, 0.1) is 0 Å². The average molecular weight is 563 g/mol. The topological polar surface area (TPSA) is 71.9 Å². The lowest BCUT2D eigenvalue weighted by molar-refractivity contribution is -0.135. The molecule has 6 nitrogen and oxygen atoms in total. The Kier molecular flexibility index (Phi) is 13.4. The van der Waals surface area contributed by atoms with Gasteiger partial charge in [0.05, 0.1) is 25.2 Å². The standard InChI is InChI=1S/C33H42N2O4S/c1-35(2)28-14-10-13-27(24-28)25-40-32-22-21-31(30(34-32)15-11-16-33(36)37)39-23-9-7-5-4-6-8-12-26-17-19-29(38-3)20-18-26/h10-11,13-15,17-22,24H,4-9,12,16,23,25H2,1-3H3,(H,36,37). The van der Waals surface area contributed by atoms with E-state index in [4.69, 9.17) is 19.6 Å². The van der Waals surface area contributed by atoms with Crippen molar-refractivity contribution in [3.05, 3.63) is 83.6 Å². The molecule has 0 unspecified atom stereocenters. The Hall–Kier alpha value is -3.45. The van der Waals surface area contributed by atoms with Gasteiger partial charge in [0.2, 0.25) is 0 Å². The van der Waals surface area contributed by atoms with Crippen LogP contribution in [0.3, 0.4) is 0 Å². The third-order valence-corrected chi connectivity index (χ3v) is 7.52. The molecule has 0 aliphatic carbocycles. The number of benzene rings is 2. The van der Waals surface area contributed by atoms with Crippen molar-refractivity contribution in [2.24, 2.45) is 0 Å². The number of nitrogens with zero attached hydrogens (tertiary/aromatic N) is 2. The van der Waals surface area contributed by atoms with Gasteiger partial charge in [0.1, 0.15) is 17.2 Å². The molecule has 0 atom stereocenters. The minimum Gasteiger partial charge on any atom is -0.497 e. The van der Waals surface area contributed by atoms with Gasteiger partial charge in [-0.25, -0.2) is 4.98 Å². The van der Waals surface area contributed by atoms with Crippen molar-refractivity contribution < 1.29 is 19.4 Å². The van der Waals surface area contributed by atoms with E-state index < -0.39 is 5.97 Å². The van der Waals surface area contributed by atoms with Crippen LogP contribution in [0.2, 0.25) is 0 Å². The number of thioether (sulfide) groups is 1. The number of aromatic nitrogens is 1. The quantitative estimate of drug-likeness (QED) is 0.125. The largest absolute Gasteiger partial charge is 0.497 e. The predicted octanol–water partition coefficient (Wildman–Crippen LogP) is 7.90. The lowest BCUT2D eigenvalue weighted by Gasteiger charge is -2.13. The van der Waals surface area contributed by atoms with Crippen LogP contribution < -0.4 is 14.4 Å². The first-order chi connectivity index (χ1) is 19.4. The molecule has 0 spiro atoms.